The molecular weight excluding hydrogens is 358 g/mol. The molecule has 0 aromatic carbocycles. The van der Waals surface area contributed by atoms with Gasteiger partial charge in [-0.2, -0.15) is 4.31 Å². The van der Waals surface area contributed by atoms with Crippen molar-refractivity contribution in [1.82, 2.24) is 14.5 Å². The number of carbonyl (C=O) groups is 2. The molecule has 1 saturated heterocycles. The highest BCUT2D eigenvalue weighted by molar-refractivity contribution is 7.89. The smallest absolute Gasteiger partial charge is 0.289 e. The lowest BCUT2D eigenvalue weighted by Gasteiger charge is -2.33. The Balaban J connectivity index is 1.80. The fourth-order valence-electron chi connectivity index (χ4n) is 2.35. The van der Waals surface area contributed by atoms with Gasteiger partial charge in [0.1, 0.15) is 0 Å². The second-order valence-electron chi connectivity index (χ2n) is 5.27. The van der Waals surface area contributed by atoms with Gasteiger partial charge >= 0.3 is 0 Å². The van der Waals surface area contributed by atoms with Crippen molar-refractivity contribution in [2.45, 2.75) is 6.42 Å². The number of hydrogen-bond donors (Lipinski definition) is 1. The topological polar surface area (TPSA) is 99.9 Å². The molecule has 0 unspecified atom stereocenters. The highest BCUT2D eigenvalue weighted by atomic mass is 35.5. The van der Waals surface area contributed by atoms with E-state index in [0.717, 1.165) is 0 Å². The first kappa shape index (κ1) is 18.8. The first-order valence-corrected chi connectivity index (χ1v) is 9.71. The van der Waals surface area contributed by atoms with Crippen LogP contribution in [0.25, 0.3) is 0 Å². The minimum absolute atomic E-state index is 0.0452. The van der Waals surface area contributed by atoms with Gasteiger partial charge in [0, 0.05) is 45.0 Å². The van der Waals surface area contributed by atoms with Crippen molar-refractivity contribution in [3.63, 3.8) is 0 Å². The third-order valence-corrected chi connectivity index (χ3v) is 5.72. The summed E-state index contributed by atoms with van der Waals surface area (Å²) in [5.41, 5.74) is 0. The minimum Gasteiger partial charge on any atom is -0.459 e. The first-order valence-electron chi connectivity index (χ1n) is 7.57. The summed E-state index contributed by atoms with van der Waals surface area (Å²) in [7, 11) is -3.47. The third-order valence-electron chi connectivity index (χ3n) is 3.65. The van der Waals surface area contributed by atoms with E-state index in [-0.39, 0.29) is 55.3 Å². The lowest BCUT2D eigenvalue weighted by molar-refractivity contribution is -0.120. The van der Waals surface area contributed by atoms with Crippen LogP contribution in [-0.4, -0.2) is 73.8 Å². The molecule has 2 rings (SSSR count). The number of carbonyl (C=O) groups excluding carboxylic acids is 2. The van der Waals surface area contributed by atoms with Crippen LogP contribution in [0, 0.1) is 0 Å². The number of amides is 2. The molecule has 2 amide bonds. The number of sulfonamides is 1. The summed E-state index contributed by atoms with van der Waals surface area (Å²) in [5, 5.41) is 2.52. The van der Waals surface area contributed by atoms with Crippen molar-refractivity contribution in [1.29, 1.82) is 0 Å². The van der Waals surface area contributed by atoms with E-state index < -0.39 is 10.0 Å². The molecule has 1 aliphatic heterocycles. The summed E-state index contributed by atoms with van der Waals surface area (Å²) in [6.07, 6.45) is 1.58. The Labute approximate surface area is 145 Å². The molecule has 1 N–H and O–H groups in total. The van der Waals surface area contributed by atoms with Crippen LogP contribution in [0.4, 0.5) is 0 Å². The standard InChI is InChI=1S/C14H20ClN3O5S/c15-4-3-13(19)16-5-11-24(21,22)18-8-6-17(7-9-18)14(20)12-2-1-10-23-12/h1-2,10H,3-9,11H2,(H,16,19). The van der Waals surface area contributed by atoms with Gasteiger partial charge in [-0.1, -0.05) is 0 Å². The molecular formula is C14H20ClN3O5S. The van der Waals surface area contributed by atoms with Crippen LogP contribution in [0.1, 0.15) is 17.0 Å². The second-order valence-corrected chi connectivity index (χ2v) is 7.74. The van der Waals surface area contributed by atoms with E-state index in [1.807, 2.05) is 0 Å². The van der Waals surface area contributed by atoms with E-state index in [0.29, 0.717) is 13.1 Å². The maximum atomic E-state index is 12.3. The van der Waals surface area contributed by atoms with Crippen molar-refractivity contribution in [3.8, 4) is 0 Å². The molecule has 0 radical (unpaired) electrons. The van der Waals surface area contributed by atoms with Gasteiger partial charge in [-0.15, -0.1) is 11.6 Å². The van der Waals surface area contributed by atoms with Gasteiger partial charge in [0.2, 0.25) is 15.9 Å². The van der Waals surface area contributed by atoms with Gasteiger partial charge in [-0.05, 0) is 12.1 Å². The van der Waals surface area contributed by atoms with Crippen LogP contribution >= 0.6 is 11.6 Å². The normalized spacial score (nSPS) is 16.1. The van der Waals surface area contributed by atoms with Crippen molar-refractivity contribution in [3.05, 3.63) is 24.2 Å². The van der Waals surface area contributed by atoms with Crippen LogP contribution in [0.3, 0.4) is 0 Å². The molecule has 0 atom stereocenters. The van der Waals surface area contributed by atoms with E-state index in [4.69, 9.17) is 16.0 Å². The zero-order valence-corrected chi connectivity index (χ0v) is 14.7. The number of rotatable bonds is 7. The maximum absolute atomic E-state index is 12.3. The predicted octanol–water partition coefficient (Wildman–Crippen LogP) is 0.112. The molecule has 0 saturated carbocycles. The molecule has 24 heavy (non-hydrogen) atoms. The monoisotopic (exact) mass is 377 g/mol. The lowest BCUT2D eigenvalue weighted by atomic mass is 10.3. The van der Waals surface area contributed by atoms with E-state index in [1.165, 1.54) is 10.6 Å². The largest absolute Gasteiger partial charge is 0.459 e. The van der Waals surface area contributed by atoms with E-state index in [2.05, 4.69) is 5.32 Å². The number of furan rings is 1. The Morgan fingerprint density at radius 1 is 1.25 bits per heavy atom. The highest BCUT2D eigenvalue weighted by Crippen LogP contribution is 2.12. The Kier molecular flexibility index (Phi) is 6.64. The van der Waals surface area contributed by atoms with Crippen molar-refractivity contribution < 1.29 is 22.4 Å². The average molecular weight is 378 g/mol. The van der Waals surface area contributed by atoms with E-state index >= 15 is 0 Å². The molecule has 134 valence electrons. The summed E-state index contributed by atoms with van der Waals surface area (Å²) >= 11 is 5.44. The van der Waals surface area contributed by atoms with Crippen LogP contribution < -0.4 is 5.32 Å². The molecule has 1 fully saturated rings. The number of nitrogens with one attached hydrogen (secondary N) is 1. The molecule has 1 aromatic heterocycles. The molecule has 1 aromatic rings. The maximum Gasteiger partial charge on any atom is 0.289 e. The second kappa shape index (κ2) is 8.50. The Morgan fingerprint density at radius 3 is 2.54 bits per heavy atom. The third kappa shape index (κ3) is 4.96. The van der Waals surface area contributed by atoms with Crippen LogP contribution in [0.15, 0.2) is 22.8 Å². The van der Waals surface area contributed by atoms with Crippen LogP contribution in [-0.2, 0) is 14.8 Å². The van der Waals surface area contributed by atoms with Crippen LogP contribution in [0.2, 0.25) is 0 Å². The number of halogens is 1. The Morgan fingerprint density at radius 2 is 1.96 bits per heavy atom. The molecule has 0 spiro atoms. The summed E-state index contributed by atoms with van der Waals surface area (Å²) in [4.78, 5) is 25.0. The molecule has 0 bridgehead atoms. The van der Waals surface area contributed by atoms with Crippen molar-refractivity contribution in [2.24, 2.45) is 0 Å². The summed E-state index contributed by atoms with van der Waals surface area (Å²) in [6, 6.07) is 3.21. The fraction of sp³-hybridized carbons (Fsp3) is 0.571. The Bertz CT molecular complexity index is 654. The molecule has 1 aliphatic rings. The lowest BCUT2D eigenvalue weighted by Crippen LogP contribution is -2.51. The van der Waals surface area contributed by atoms with Gasteiger partial charge in [0.15, 0.2) is 5.76 Å². The van der Waals surface area contributed by atoms with E-state index in [9.17, 15) is 18.0 Å². The summed E-state index contributed by atoms with van der Waals surface area (Å²) in [6.45, 7) is 1.10. The fourth-order valence-corrected chi connectivity index (χ4v) is 3.86. The summed E-state index contributed by atoms with van der Waals surface area (Å²) in [5.74, 6) is -0.245. The van der Waals surface area contributed by atoms with Crippen molar-refractivity contribution in [2.75, 3.05) is 44.4 Å². The van der Waals surface area contributed by atoms with Gasteiger partial charge in [-0.25, -0.2) is 8.42 Å². The van der Waals surface area contributed by atoms with Gasteiger partial charge < -0.3 is 14.6 Å². The average Bonchev–Trinajstić information content (AvgIpc) is 3.09. The minimum atomic E-state index is -3.47. The number of hydrogen-bond acceptors (Lipinski definition) is 5. The predicted molar refractivity (Wildman–Crippen MR) is 88.3 cm³/mol. The molecule has 2 heterocycles. The van der Waals surface area contributed by atoms with Gasteiger partial charge in [0.05, 0.1) is 12.0 Å². The van der Waals surface area contributed by atoms with Gasteiger partial charge in [-0.3, -0.25) is 9.59 Å². The van der Waals surface area contributed by atoms with Gasteiger partial charge in [0.25, 0.3) is 5.91 Å². The van der Waals surface area contributed by atoms with Crippen LogP contribution in [0.5, 0.6) is 0 Å². The zero-order chi connectivity index (χ0) is 17.6. The SMILES string of the molecule is O=C(CCCl)NCCS(=O)(=O)N1CCN(C(=O)c2ccco2)CC1. The number of nitrogens with zero attached hydrogens (tertiary/aromatic N) is 2. The number of alkyl halides is 1. The zero-order valence-electron chi connectivity index (χ0n) is 13.1. The Hall–Kier alpha value is -1.58. The molecule has 10 heteroatoms. The molecule has 0 aliphatic carbocycles. The highest BCUT2D eigenvalue weighted by Gasteiger charge is 2.29. The van der Waals surface area contributed by atoms with Crippen molar-refractivity contribution >= 4 is 33.4 Å². The first-order chi connectivity index (χ1) is 11.4. The van der Waals surface area contributed by atoms with E-state index in [1.54, 1.807) is 17.0 Å². The molecule has 8 nitrogen and oxygen atoms in total. The number of piperazine rings is 1. The summed E-state index contributed by atoms with van der Waals surface area (Å²) < 4.78 is 30.9. The quantitative estimate of drug-likeness (QED) is 0.680.